The van der Waals surface area contributed by atoms with Gasteiger partial charge < -0.3 is 20.1 Å². The predicted molar refractivity (Wildman–Crippen MR) is 183 cm³/mol. The molecule has 0 aliphatic heterocycles. The van der Waals surface area contributed by atoms with E-state index in [1.54, 1.807) is 0 Å². The van der Waals surface area contributed by atoms with E-state index in [1.807, 2.05) is 0 Å². The lowest BCUT2D eigenvalue weighted by atomic mass is 9.96. The Kier molecular flexibility index (Phi) is 18.3. The number of unbranched alkanes of at least 4 members (excludes halogenated alkanes) is 3. The van der Waals surface area contributed by atoms with Crippen LogP contribution >= 0.6 is 0 Å². The molecule has 6 nitrogen and oxygen atoms in total. The number of hydrogen-bond donors (Lipinski definition) is 2. The molecule has 0 radical (unpaired) electrons. The maximum Gasteiger partial charge on any atom is 0.412 e. The molecule has 0 aliphatic carbocycles. The predicted octanol–water partition coefficient (Wildman–Crippen LogP) is 9.84. The van der Waals surface area contributed by atoms with Crippen molar-refractivity contribution in [2.45, 2.75) is 144 Å². The van der Waals surface area contributed by atoms with Gasteiger partial charge in [-0.3, -0.25) is 0 Å². The minimum absolute atomic E-state index is 0.375. The Hall–Kier alpha value is -3.02. The summed E-state index contributed by atoms with van der Waals surface area (Å²) in [6.07, 6.45) is 14.9. The Balaban J connectivity index is 1.78. The average Bonchev–Trinajstić information content (AvgIpc) is 2.98. The van der Waals surface area contributed by atoms with Crippen LogP contribution in [0.5, 0.6) is 11.5 Å². The van der Waals surface area contributed by atoms with Gasteiger partial charge >= 0.3 is 12.2 Å². The van der Waals surface area contributed by atoms with Crippen molar-refractivity contribution < 1.29 is 19.1 Å². The molecular formula is C38H60N2O4. The minimum Gasteiger partial charge on any atom is -0.410 e. The van der Waals surface area contributed by atoms with Gasteiger partial charge in [-0.2, -0.15) is 0 Å². The van der Waals surface area contributed by atoms with E-state index in [2.05, 4.69) is 76.4 Å². The van der Waals surface area contributed by atoms with Crippen LogP contribution in [0.1, 0.15) is 139 Å². The molecule has 0 fully saturated rings. The first-order valence-electron chi connectivity index (χ1n) is 17.6. The van der Waals surface area contributed by atoms with Crippen molar-refractivity contribution in [1.82, 2.24) is 10.6 Å². The Morgan fingerprint density at radius 2 is 0.773 bits per heavy atom. The highest BCUT2D eigenvalue weighted by Crippen LogP contribution is 2.31. The summed E-state index contributed by atoms with van der Waals surface area (Å²) in [4.78, 5) is 25.4. The summed E-state index contributed by atoms with van der Waals surface area (Å²) in [6, 6.07) is 8.87. The van der Waals surface area contributed by atoms with Crippen molar-refractivity contribution in [3.63, 3.8) is 0 Å². The summed E-state index contributed by atoms with van der Waals surface area (Å²) in [5.41, 5.74) is 7.22. The lowest BCUT2D eigenvalue weighted by Crippen LogP contribution is -2.29. The van der Waals surface area contributed by atoms with E-state index in [4.69, 9.17) is 9.47 Å². The normalized spacial score (nSPS) is 11.0. The van der Waals surface area contributed by atoms with E-state index < -0.39 is 0 Å². The fraction of sp³-hybridized carbons (Fsp3) is 0.632. The number of aryl methyl sites for hydroxylation is 6. The highest BCUT2D eigenvalue weighted by atomic mass is 16.6. The molecule has 0 heterocycles. The van der Waals surface area contributed by atoms with Crippen LogP contribution in [0, 0.1) is 0 Å². The number of hydrogen-bond acceptors (Lipinski definition) is 4. The zero-order valence-electron chi connectivity index (χ0n) is 28.7. The number of carbonyl (C=O) groups is 2. The Bertz CT molecular complexity index is 1000. The SMILES string of the molecule is CCCc1cc(CCC)c(OC(=O)NCCCCCCNC(=O)Oc2c(CCC)cc(CCC)cc2CCC)c(CCC)c1. The summed E-state index contributed by atoms with van der Waals surface area (Å²) >= 11 is 0. The topological polar surface area (TPSA) is 76.7 Å². The van der Waals surface area contributed by atoms with E-state index >= 15 is 0 Å². The van der Waals surface area contributed by atoms with Gasteiger partial charge in [0.25, 0.3) is 0 Å². The molecule has 246 valence electrons. The van der Waals surface area contributed by atoms with Gasteiger partial charge in [-0.05, 0) is 84.7 Å². The molecule has 0 saturated heterocycles. The van der Waals surface area contributed by atoms with Gasteiger partial charge in [0.2, 0.25) is 0 Å². The highest BCUT2D eigenvalue weighted by molar-refractivity contribution is 5.72. The number of benzene rings is 2. The van der Waals surface area contributed by atoms with Crippen molar-refractivity contribution in [3.8, 4) is 11.5 Å². The van der Waals surface area contributed by atoms with Crippen LogP contribution in [0.3, 0.4) is 0 Å². The molecule has 44 heavy (non-hydrogen) atoms. The van der Waals surface area contributed by atoms with E-state index in [9.17, 15) is 9.59 Å². The maximum atomic E-state index is 12.7. The Morgan fingerprint density at radius 3 is 1.05 bits per heavy atom. The van der Waals surface area contributed by atoms with Crippen LogP contribution in [-0.2, 0) is 38.5 Å². The van der Waals surface area contributed by atoms with Crippen molar-refractivity contribution in [3.05, 3.63) is 57.6 Å². The van der Waals surface area contributed by atoms with Crippen LogP contribution in [0.2, 0.25) is 0 Å². The lowest BCUT2D eigenvalue weighted by Gasteiger charge is -2.17. The van der Waals surface area contributed by atoms with Crippen molar-refractivity contribution in [2.24, 2.45) is 0 Å². The van der Waals surface area contributed by atoms with Gasteiger partial charge in [0.1, 0.15) is 11.5 Å². The van der Waals surface area contributed by atoms with Crippen LogP contribution in [0.15, 0.2) is 24.3 Å². The van der Waals surface area contributed by atoms with E-state index in [0.717, 1.165) is 136 Å². The van der Waals surface area contributed by atoms with Gasteiger partial charge in [-0.1, -0.05) is 117 Å². The molecule has 0 unspecified atom stereocenters. The summed E-state index contributed by atoms with van der Waals surface area (Å²) in [5, 5.41) is 5.88. The summed E-state index contributed by atoms with van der Waals surface area (Å²) in [5.74, 6) is 1.51. The number of rotatable bonds is 21. The third kappa shape index (κ3) is 12.9. The molecule has 2 N–H and O–H groups in total. The average molecular weight is 609 g/mol. The number of carbonyl (C=O) groups excluding carboxylic acids is 2. The van der Waals surface area contributed by atoms with Gasteiger partial charge in [0.05, 0.1) is 0 Å². The monoisotopic (exact) mass is 608 g/mol. The molecule has 2 aromatic carbocycles. The van der Waals surface area contributed by atoms with Gasteiger partial charge in [-0.15, -0.1) is 0 Å². The molecule has 0 aliphatic rings. The van der Waals surface area contributed by atoms with E-state index in [0.29, 0.717) is 13.1 Å². The molecule has 2 aromatic rings. The fourth-order valence-corrected chi connectivity index (χ4v) is 5.84. The minimum atomic E-state index is -0.375. The van der Waals surface area contributed by atoms with Crippen LogP contribution in [-0.4, -0.2) is 25.3 Å². The first-order valence-corrected chi connectivity index (χ1v) is 17.6. The van der Waals surface area contributed by atoms with Crippen molar-refractivity contribution >= 4 is 12.2 Å². The number of ether oxygens (including phenoxy) is 2. The second-order valence-corrected chi connectivity index (χ2v) is 12.0. The first-order chi connectivity index (χ1) is 21.4. The summed E-state index contributed by atoms with van der Waals surface area (Å²) < 4.78 is 11.8. The molecular weight excluding hydrogens is 548 g/mol. The Labute approximate surface area is 268 Å². The summed E-state index contributed by atoms with van der Waals surface area (Å²) in [7, 11) is 0. The van der Waals surface area contributed by atoms with Crippen molar-refractivity contribution in [2.75, 3.05) is 13.1 Å². The van der Waals surface area contributed by atoms with Gasteiger partial charge in [0, 0.05) is 13.1 Å². The molecule has 0 bridgehead atoms. The quantitative estimate of drug-likeness (QED) is 0.138. The van der Waals surface area contributed by atoms with Crippen LogP contribution < -0.4 is 20.1 Å². The zero-order valence-corrected chi connectivity index (χ0v) is 28.7. The van der Waals surface area contributed by atoms with Crippen LogP contribution in [0.4, 0.5) is 9.59 Å². The maximum absolute atomic E-state index is 12.7. The van der Waals surface area contributed by atoms with Crippen molar-refractivity contribution in [1.29, 1.82) is 0 Å². The van der Waals surface area contributed by atoms with Gasteiger partial charge in [-0.25, -0.2) is 9.59 Å². The highest BCUT2D eigenvalue weighted by Gasteiger charge is 2.17. The molecule has 6 heteroatoms. The lowest BCUT2D eigenvalue weighted by molar-refractivity contribution is 0.197. The molecule has 0 atom stereocenters. The second-order valence-electron chi connectivity index (χ2n) is 12.0. The molecule has 0 spiro atoms. The van der Waals surface area contributed by atoms with E-state index in [1.165, 1.54) is 11.1 Å². The Morgan fingerprint density at radius 1 is 0.477 bits per heavy atom. The molecule has 2 rings (SSSR count). The smallest absolute Gasteiger partial charge is 0.410 e. The summed E-state index contributed by atoms with van der Waals surface area (Å²) in [6.45, 7) is 14.2. The number of amides is 2. The fourth-order valence-electron chi connectivity index (χ4n) is 5.84. The second kappa shape index (κ2) is 21.6. The van der Waals surface area contributed by atoms with Crippen LogP contribution in [0.25, 0.3) is 0 Å². The first kappa shape index (κ1) is 37.2. The third-order valence-corrected chi connectivity index (χ3v) is 7.79. The standard InChI is InChI=1S/C38H60N2O4/c1-7-17-29-25-31(19-9-3)35(32(26-29)20-10-4)43-37(41)39-23-15-13-14-16-24-40-38(42)44-36-33(21-11-5)27-30(18-8-2)28-34(36)22-12-6/h25-28H,7-24H2,1-6H3,(H,39,41)(H,40,42). The third-order valence-electron chi connectivity index (χ3n) is 7.79. The molecule has 0 saturated carbocycles. The van der Waals surface area contributed by atoms with E-state index in [-0.39, 0.29) is 12.2 Å². The zero-order chi connectivity index (χ0) is 32.2. The number of nitrogens with one attached hydrogen (secondary N) is 2. The molecule has 0 aromatic heterocycles. The largest absolute Gasteiger partial charge is 0.412 e. The molecule has 2 amide bonds. The van der Waals surface area contributed by atoms with Gasteiger partial charge in [0.15, 0.2) is 0 Å².